The molecule has 2 nitrogen and oxygen atoms in total. The Morgan fingerprint density at radius 1 is 0.944 bits per heavy atom. The highest BCUT2D eigenvalue weighted by molar-refractivity contribution is 4.96. The van der Waals surface area contributed by atoms with E-state index >= 15 is 0 Å². The lowest BCUT2D eigenvalue weighted by Gasteiger charge is -2.16. The molecule has 0 spiro atoms. The molecule has 0 heterocycles. The van der Waals surface area contributed by atoms with Crippen LogP contribution in [0.25, 0.3) is 0 Å². The number of hydrogen-bond acceptors (Lipinski definition) is 2. The van der Waals surface area contributed by atoms with E-state index in [1.54, 1.807) is 0 Å². The zero-order valence-corrected chi connectivity index (χ0v) is 12.2. The minimum atomic E-state index is 0.00975. The van der Waals surface area contributed by atoms with E-state index in [-0.39, 0.29) is 6.29 Å². The summed E-state index contributed by atoms with van der Waals surface area (Å²) in [6.45, 7) is 9.16. The van der Waals surface area contributed by atoms with Crippen LogP contribution >= 0.6 is 0 Å². The van der Waals surface area contributed by atoms with Gasteiger partial charge in [0.1, 0.15) is 0 Å². The molecule has 0 aromatic carbocycles. The van der Waals surface area contributed by atoms with Crippen LogP contribution in [0.4, 0.5) is 0 Å². The predicted octanol–water partition coefficient (Wildman–Crippen LogP) is 4.86. The maximum absolute atomic E-state index is 5.51. The van der Waals surface area contributed by atoms with E-state index in [1.807, 2.05) is 26.0 Å². The molecular formula is C16H30O2. The molecule has 106 valence electrons. The Labute approximate surface area is 113 Å². The Hall–Kier alpha value is -0.600. The van der Waals surface area contributed by atoms with Crippen molar-refractivity contribution in [1.29, 1.82) is 0 Å². The van der Waals surface area contributed by atoms with Crippen molar-refractivity contribution >= 4 is 0 Å². The van der Waals surface area contributed by atoms with Gasteiger partial charge in [0.2, 0.25) is 0 Å². The van der Waals surface area contributed by atoms with E-state index in [4.69, 9.17) is 9.47 Å². The molecule has 0 amide bonds. The highest BCUT2D eigenvalue weighted by Gasteiger charge is 2.06. The van der Waals surface area contributed by atoms with Crippen LogP contribution in [0.1, 0.15) is 58.8 Å². The number of unbranched alkanes of at least 4 members (excludes halogenated alkanes) is 5. The smallest absolute Gasteiger partial charge is 0.157 e. The van der Waals surface area contributed by atoms with Gasteiger partial charge in [-0.05, 0) is 39.5 Å². The summed E-state index contributed by atoms with van der Waals surface area (Å²) in [6.07, 6.45) is 14.6. The first-order valence-electron chi connectivity index (χ1n) is 7.35. The van der Waals surface area contributed by atoms with Crippen molar-refractivity contribution in [3.8, 4) is 0 Å². The van der Waals surface area contributed by atoms with Crippen molar-refractivity contribution in [3.63, 3.8) is 0 Å². The van der Waals surface area contributed by atoms with Gasteiger partial charge in [-0.25, -0.2) is 0 Å². The van der Waals surface area contributed by atoms with Crippen LogP contribution in [0.3, 0.4) is 0 Å². The molecule has 0 rings (SSSR count). The van der Waals surface area contributed by atoms with Crippen LogP contribution in [0.2, 0.25) is 0 Å². The zero-order chi connectivity index (χ0) is 13.5. The molecular weight excluding hydrogens is 224 g/mol. The van der Waals surface area contributed by atoms with Crippen molar-refractivity contribution in [2.24, 2.45) is 0 Å². The third-order valence-corrected chi connectivity index (χ3v) is 2.79. The molecule has 0 N–H and O–H groups in total. The number of rotatable bonds is 13. The van der Waals surface area contributed by atoms with E-state index < -0.39 is 0 Å². The van der Waals surface area contributed by atoms with Gasteiger partial charge in [-0.3, -0.25) is 0 Å². The predicted molar refractivity (Wildman–Crippen MR) is 78.7 cm³/mol. The standard InChI is InChI=1S/C16H30O2/c1-4-7-8-9-10-11-12-13-14-15-16(17-5-2)18-6-3/h4,7-8,16H,1,5-6,9-15H2,2-3H3/b8-7-. The Kier molecular flexibility index (Phi) is 14.0. The van der Waals surface area contributed by atoms with Gasteiger partial charge in [-0.2, -0.15) is 0 Å². The minimum Gasteiger partial charge on any atom is -0.353 e. The highest BCUT2D eigenvalue weighted by Crippen LogP contribution is 2.11. The van der Waals surface area contributed by atoms with Gasteiger partial charge in [0.05, 0.1) is 0 Å². The second-order valence-electron chi connectivity index (χ2n) is 4.35. The Morgan fingerprint density at radius 2 is 1.56 bits per heavy atom. The Morgan fingerprint density at radius 3 is 2.17 bits per heavy atom. The molecule has 0 saturated heterocycles. The van der Waals surface area contributed by atoms with Gasteiger partial charge < -0.3 is 9.47 Å². The van der Waals surface area contributed by atoms with Crippen LogP contribution in [0.5, 0.6) is 0 Å². The molecule has 0 aliphatic carbocycles. The maximum atomic E-state index is 5.51. The topological polar surface area (TPSA) is 18.5 Å². The van der Waals surface area contributed by atoms with E-state index in [0.29, 0.717) is 0 Å². The van der Waals surface area contributed by atoms with Crippen molar-refractivity contribution in [2.75, 3.05) is 13.2 Å². The summed E-state index contributed by atoms with van der Waals surface area (Å²) in [5.41, 5.74) is 0. The van der Waals surface area contributed by atoms with Crippen LogP contribution in [0, 0.1) is 0 Å². The third kappa shape index (κ3) is 11.9. The fourth-order valence-corrected chi connectivity index (χ4v) is 1.88. The monoisotopic (exact) mass is 254 g/mol. The summed E-state index contributed by atoms with van der Waals surface area (Å²) in [5.74, 6) is 0. The van der Waals surface area contributed by atoms with Gasteiger partial charge >= 0.3 is 0 Å². The molecule has 18 heavy (non-hydrogen) atoms. The average Bonchev–Trinajstić information content (AvgIpc) is 2.37. The fraction of sp³-hybridized carbons (Fsp3) is 0.750. The lowest BCUT2D eigenvalue weighted by atomic mass is 10.1. The first kappa shape index (κ1) is 17.4. The number of ether oxygens (including phenoxy) is 2. The van der Waals surface area contributed by atoms with Gasteiger partial charge in [-0.15, -0.1) is 0 Å². The first-order valence-corrected chi connectivity index (χ1v) is 7.35. The SMILES string of the molecule is C=C/C=C\CCCCCCCC(OCC)OCC. The second-order valence-corrected chi connectivity index (χ2v) is 4.35. The van der Waals surface area contributed by atoms with E-state index in [0.717, 1.165) is 19.6 Å². The van der Waals surface area contributed by atoms with Gasteiger partial charge in [0.15, 0.2) is 6.29 Å². The van der Waals surface area contributed by atoms with E-state index in [2.05, 4.69) is 12.7 Å². The maximum Gasteiger partial charge on any atom is 0.157 e. The molecule has 0 unspecified atom stereocenters. The first-order chi connectivity index (χ1) is 8.85. The molecule has 0 radical (unpaired) electrons. The second kappa shape index (κ2) is 14.5. The zero-order valence-electron chi connectivity index (χ0n) is 12.2. The Bertz CT molecular complexity index is 193. The lowest BCUT2D eigenvalue weighted by Crippen LogP contribution is -2.17. The van der Waals surface area contributed by atoms with Gasteiger partial charge in [-0.1, -0.05) is 44.1 Å². The summed E-state index contributed by atoms with van der Waals surface area (Å²) in [6, 6.07) is 0. The third-order valence-electron chi connectivity index (χ3n) is 2.79. The molecule has 0 saturated carbocycles. The molecule has 2 heteroatoms. The van der Waals surface area contributed by atoms with E-state index in [1.165, 1.54) is 38.5 Å². The molecule has 0 aromatic heterocycles. The summed E-state index contributed by atoms with van der Waals surface area (Å²) < 4.78 is 11.0. The lowest BCUT2D eigenvalue weighted by molar-refractivity contribution is -0.140. The van der Waals surface area contributed by atoms with Crippen molar-refractivity contribution < 1.29 is 9.47 Å². The molecule has 0 atom stereocenters. The molecule has 0 aromatic rings. The summed E-state index contributed by atoms with van der Waals surface area (Å²) in [7, 11) is 0. The van der Waals surface area contributed by atoms with Crippen LogP contribution in [0.15, 0.2) is 24.8 Å². The molecule has 0 bridgehead atoms. The normalized spacial score (nSPS) is 11.5. The van der Waals surface area contributed by atoms with Gasteiger partial charge in [0.25, 0.3) is 0 Å². The largest absolute Gasteiger partial charge is 0.353 e. The quantitative estimate of drug-likeness (QED) is 0.265. The summed E-state index contributed by atoms with van der Waals surface area (Å²) >= 11 is 0. The minimum absolute atomic E-state index is 0.00975. The van der Waals surface area contributed by atoms with Crippen LogP contribution < -0.4 is 0 Å². The average molecular weight is 254 g/mol. The van der Waals surface area contributed by atoms with E-state index in [9.17, 15) is 0 Å². The van der Waals surface area contributed by atoms with Crippen molar-refractivity contribution in [2.45, 2.75) is 65.1 Å². The number of hydrogen-bond donors (Lipinski definition) is 0. The van der Waals surface area contributed by atoms with Crippen molar-refractivity contribution in [3.05, 3.63) is 24.8 Å². The van der Waals surface area contributed by atoms with Crippen LogP contribution in [-0.2, 0) is 9.47 Å². The van der Waals surface area contributed by atoms with Crippen molar-refractivity contribution in [1.82, 2.24) is 0 Å². The molecule has 0 aliphatic heterocycles. The molecule has 0 aliphatic rings. The number of allylic oxidation sites excluding steroid dienone is 3. The Balaban J connectivity index is 3.31. The highest BCUT2D eigenvalue weighted by atomic mass is 16.7. The van der Waals surface area contributed by atoms with Gasteiger partial charge in [0, 0.05) is 13.2 Å². The summed E-state index contributed by atoms with van der Waals surface area (Å²) in [4.78, 5) is 0. The fourth-order valence-electron chi connectivity index (χ4n) is 1.88. The summed E-state index contributed by atoms with van der Waals surface area (Å²) in [5, 5.41) is 0. The molecule has 0 fully saturated rings. The van der Waals surface area contributed by atoms with Crippen LogP contribution in [-0.4, -0.2) is 19.5 Å².